The van der Waals surface area contributed by atoms with Crippen molar-refractivity contribution in [3.05, 3.63) is 59.5 Å². The van der Waals surface area contributed by atoms with Gasteiger partial charge in [0.2, 0.25) is 0 Å². The van der Waals surface area contributed by atoms with Crippen LogP contribution in [0.2, 0.25) is 0 Å². The fraction of sp³-hybridized carbons (Fsp3) is 0.227. The number of amides is 1. The largest absolute Gasteiger partial charge is 0.504 e. The predicted molar refractivity (Wildman–Crippen MR) is 120 cm³/mol. The maximum atomic E-state index is 14.0. The number of thiazole rings is 1. The van der Waals surface area contributed by atoms with Gasteiger partial charge in [-0.15, -0.1) is 0 Å². The maximum Gasteiger partial charge on any atom is 0.257 e. The molecular formula is C22H21FN4O3S. The molecule has 1 aliphatic heterocycles. The second kappa shape index (κ2) is 9.13. The topological polar surface area (TPSA) is 87.0 Å². The van der Waals surface area contributed by atoms with Gasteiger partial charge in [-0.25, -0.2) is 9.37 Å². The van der Waals surface area contributed by atoms with Crippen LogP contribution in [0.15, 0.2) is 47.8 Å². The van der Waals surface area contributed by atoms with Crippen molar-refractivity contribution in [2.75, 3.05) is 30.4 Å². The highest BCUT2D eigenvalue weighted by Crippen LogP contribution is 2.32. The number of aromatic nitrogens is 1. The van der Waals surface area contributed by atoms with Crippen LogP contribution in [0.5, 0.6) is 5.75 Å². The van der Waals surface area contributed by atoms with Crippen molar-refractivity contribution < 1.29 is 19.1 Å². The average molecular weight is 441 g/mol. The van der Waals surface area contributed by atoms with E-state index in [-0.39, 0.29) is 11.1 Å². The molecule has 9 heteroatoms. The summed E-state index contributed by atoms with van der Waals surface area (Å²) in [6.07, 6.45) is 5.25. The van der Waals surface area contributed by atoms with Crippen molar-refractivity contribution in [2.24, 2.45) is 5.16 Å². The molecule has 0 radical (unpaired) electrons. The van der Waals surface area contributed by atoms with Gasteiger partial charge in [-0.1, -0.05) is 28.6 Å². The molecule has 1 amide bonds. The molecule has 160 valence electrons. The molecule has 0 bridgehead atoms. The molecule has 0 saturated carbocycles. The van der Waals surface area contributed by atoms with E-state index in [1.54, 1.807) is 6.20 Å². The first kappa shape index (κ1) is 20.8. The monoisotopic (exact) mass is 440 g/mol. The van der Waals surface area contributed by atoms with E-state index < -0.39 is 17.5 Å². The van der Waals surface area contributed by atoms with Gasteiger partial charge >= 0.3 is 0 Å². The Morgan fingerprint density at radius 1 is 1.32 bits per heavy atom. The molecule has 2 aromatic carbocycles. The molecule has 1 aliphatic rings. The van der Waals surface area contributed by atoms with Gasteiger partial charge in [-0.05, 0) is 42.7 Å². The van der Waals surface area contributed by atoms with Gasteiger partial charge in [-0.3, -0.25) is 10.1 Å². The number of hydrogen-bond acceptors (Lipinski definition) is 7. The zero-order valence-electron chi connectivity index (χ0n) is 16.8. The van der Waals surface area contributed by atoms with E-state index in [2.05, 4.69) is 37.3 Å². The second-order valence-corrected chi connectivity index (χ2v) is 8.07. The average Bonchev–Trinajstić information content (AvgIpc) is 3.47. The van der Waals surface area contributed by atoms with Crippen molar-refractivity contribution in [1.29, 1.82) is 0 Å². The van der Waals surface area contributed by atoms with E-state index in [0.717, 1.165) is 35.8 Å². The maximum absolute atomic E-state index is 14.0. The lowest BCUT2D eigenvalue weighted by atomic mass is 10.1. The van der Waals surface area contributed by atoms with Crippen LogP contribution < -0.4 is 10.2 Å². The number of rotatable bonds is 6. The summed E-state index contributed by atoms with van der Waals surface area (Å²) in [6.45, 7) is 2.13. The lowest BCUT2D eigenvalue weighted by Gasteiger charge is -2.18. The van der Waals surface area contributed by atoms with Crippen molar-refractivity contribution in [1.82, 2.24) is 4.98 Å². The molecule has 1 saturated heterocycles. The number of nitrogens with one attached hydrogen (secondary N) is 1. The molecule has 1 aromatic heterocycles. The van der Waals surface area contributed by atoms with E-state index in [1.807, 2.05) is 12.1 Å². The molecule has 4 rings (SSSR count). The van der Waals surface area contributed by atoms with Crippen molar-refractivity contribution in [3.8, 4) is 16.2 Å². The summed E-state index contributed by atoms with van der Waals surface area (Å²) in [7, 11) is 1.32. The Bertz CT molecular complexity index is 1130. The number of halogens is 1. The molecule has 0 unspecified atom stereocenters. The molecule has 0 spiro atoms. The molecule has 3 aromatic rings. The van der Waals surface area contributed by atoms with Gasteiger partial charge in [-0.2, -0.15) is 0 Å². The number of benzene rings is 2. The minimum Gasteiger partial charge on any atom is -0.504 e. The van der Waals surface area contributed by atoms with Crippen molar-refractivity contribution in [3.63, 3.8) is 0 Å². The summed E-state index contributed by atoms with van der Waals surface area (Å²) in [5.41, 5.74) is 2.26. The molecule has 1 fully saturated rings. The fourth-order valence-electron chi connectivity index (χ4n) is 3.43. The van der Waals surface area contributed by atoms with E-state index >= 15 is 0 Å². The Kier molecular flexibility index (Phi) is 6.13. The molecule has 7 nitrogen and oxygen atoms in total. The van der Waals surface area contributed by atoms with Gasteiger partial charge < -0.3 is 14.8 Å². The standard InChI is InChI=1S/C22H21FN4O3S/c1-30-25-12-16-9-15(11-18(23)20(16)28)21(29)26-22-24-13-19(31-22)14-5-4-6-17(10-14)27-7-2-3-8-27/h4-6,9-13,28H,2-3,7-8H2,1H3,(H,24,26,29). The van der Waals surface area contributed by atoms with E-state index in [4.69, 9.17) is 0 Å². The van der Waals surface area contributed by atoms with E-state index in [1.165, 1.54) is 43.0 Å². The second-order valence-electron chi connectivity index (χ2n) is 7.04. The van der Waals surface area contributed by atoms with Gasteiger partial charge in [0, 0.05) is 36.1 Å². The number of phenols is 1. The summed E-state index contributed by atoms with van der Waals surface area (Å²) in [5.74, 6) is -2.08. The van der Waals surface area contributed by atoms with E-state index in [0.29, 0.717) is 5.13 Å². The van der Waals surface area contributed by atoms with Crippen LogP contribution in [0.4, 0.5) is 15.2 Å². The van der Waals surface area contributed by atoms with Gasteiger partial charge in [0.25, 0.3) is 5.91 Å². The molecule has 31 heavy (non-hydrogen) atoms. The number of aromatic hydroxyl groups is 1. The molecule has 2 N–H and O–H groups in total. The minimum atomic E-state index is -0.927. The zero-order valence-corrected chi connectivity index (χ0v) is 17.7. The van der Waals surface area contributed by atoms with Gasteiger partial charge in [0.1, 0.15) is 7.11 Å². The smallest absolute Gasteiger partial charge is 0.257 e. The first-order chi connectivity index (χ1) is 15.0. The van der Waals surface area contributed by atoms with Gasteiger partial charge in [0.05, 0.1) is 11.1 Å². The third kappa shape index (κ3) is 4.66. The number of hydrogen-bond donors (Lipinski definition) is 2. The lowest BCUT2D eigenvalue weighted by Crippen LogP contribution is -2.17. The Balaban J connectivity index is 1.52. The number of anilines is 2. The van der Waals surface area contributed by atoms with Crippen molar-refractivity contribution >= 4 is 34.3 Å². The summed E-state index contributed by atoms with van der Waals surface area (Å²) in [6, 6.07) is 10.5. The number of nitrogens with zero attached hydrogens (tertiary/aromatic N) is 3. The molecular weight excluding hydrogens is 419 g/mol. The quantitative estimate of drug-likeness (QED) is 0.436. The zero-order chi connectivity index (χ0) is 21.8. The minimum absolute atomic E-state index is 0.0284. The van der Waals surface area contributed by atoms with E-state index in [9.17, 15) is 14.3 Å². The Hall–Kier alpha value is -3.46. The summed E-state index contributed by atoms with van der Waals surface area (Å²) in [4.78, 5) is 24.7. The summed E-state index contributed by atoms with van der Waals surface area (Å²) in [5, 5.41) is 16.4. The number of carbonyl (C=O) groups excluding carboxylic acids is 1. The summed E-state index contributed by atoms with van der Waals surface area (Å²) >= 11 is 1.33. The SMILES string of the molecule is CON=Cc1cc(C(=O)Nc2ncc(-c3cccc(N4CCCC4)c3)s2)cc(F)c1O. The van der Waals surface area contributed by atoms with Crippen LogP contribution in [0.1, 0.15) is 28.8 Å². The number of oxime groups is 1. The normalized spacial score (nSPS) is 13.7. The van der Waals surface area contributed by atoms with Crippen LogP contribution in [-0.2, 0) is 4.84 Å². The lowest BCUT2D eigenvalue weighted by molar-refractivity contribution is 0.102. The molecule has 0 aliphatic carbocycles. The van der Waals surface area contributed by atoms with Crippen LogP contribution >= 0.6 is 11.3 Å². The third-order valence-electron chi connectivity index (χ3n) is 4.98. The third-order valence-corrected chi connectivity index (χ3v) is 5.94. The summed E-state index contributed by atoms with van der Waals surface area (Å²) < 4.78 is 14.0. The van der Waals surface area contributed by atoms with Crippen LogP contribution in [-0.4, -0.2) is 42.4 Å². The molecule has 0 atom stereocenters. The van der Waals surface area contributed by atoms with Gasteiger partial charge in [0.15, 0.2) is 16.7 Å². The van der Waals surface area contributed by atoms with Crippen LogP contribution in [0.3, 0.4) is 0 Å². The number of phenolic OH excluding ortho intramolecular Hbond substituents is 1. The molecule has 2 heterocycles. The Labute approximate surface area is 182 Å². The highest BCUT2D eigenvalue weighted by Gasteiger charge is 2.16. The highest BCUT2D eigenvalue weighted by atomic mass is 32.1. The predicted octanol–water partition coefficient (Wildman–Crippen LogP) is 4.49. The highest BCUT2D eigenvalue weighted by molar-refractivity contribution is 7.19. The first-order valence-corrected chi connectivity index (χ1v) is 10.6. The number of carbonyl (C=O) groups is 1. The fourth-order valence-corrected chi connectivity index (χ4v) is 4.23. The van der Waals surface area contributed by atoms with Crippen molar-refractivity contribution in [2.45, 2.75) is 12.8 Å². The Morgan fingerprint density at radius 3 is 2.90 bits per heavy atom. The van der Waals surface area contributed by atoms with Crippen LogP contribution in [0.25, 0.3) is 10.4 Å². The van der Waals surface area contributed by atoms with Crippen LogP contribution in [0, 0.1) is 5.82 Å². The first-order valence-electron chi connectivity index (χ1n) is 9.77. The Morgan fingerprint density at radius 2 is 2.13 bits per heavy atom.